The number of amides is 3. The minimum atomic E-state index is -1.32. The van der Waals surface area contributed by atoms with E-state index in [0.29, 0.717) is 13.1 Å². The number of carbonyl (C=O) groups is 3. The van der Waals surface area contributed by atoms with Gasteiger partial charge in [0.1, 0.15) is 12.1 Å². The fourth-order valence-electron chi connectivity index (χ4n) is 2.04. The van der Waals surface area contributed by atoms with Crippen LogP contribution in [-0.2, 0) is 9.59 Å². The quantitative estimate of drug-likeness (QED) is 0.763. The van der Waals surface area contributed by atoms with Crippen LogP contribution in [0.25, 0.3) is 0 Å². The molecule has 0 rings (SSSR count). The van der Waals surface area contributed by atoms with E-state index in [4.69, 9.17) is 0 Å². The summed E-state index contributed by atoms with van der Waals surface area (Å²) >= 11 is 0. The predicted octanol–water partition coefficient (Wildman–Crippen LogP) is 1.09. The first-order chi connectivity index (χ1) is 9.63. The molecular weight excluding hydrogens is 274 g/mol. The van der Waals surface area contributed by atoms with E-state index >= 15 is 0 Å². The third kappa shape index (κ3) is 4.61. The van der Waals surface area contributed by atoms with E-state index in [-0.39, 0.29) is 19.0 Å². The summed E-state index contributed by atoms with van der Waals surface area (Å²) in [5.41, 5.74) is -1.32. The molecule has 1 N–H and O–H groups in total. The number of carboxylic acid groups (broad SMARTS) is 1. The van der Waals surface area contributed by atoms with E-state index in [0.717, 1.165) is 0 Å². The van der Waals surface area contributed by atoms with Gasteiger partial charge in [-0.05, 0) is 34.6 Å². The van der Waals surface area contributed by atoms with Gasteiger partial charge in [-0.25, -0.2) is 9.59 Å². The van der Waals surface area contributed by atoms with Crippen LogP contribution in [0.15, 0.2) is 0 Å². The largest absolute Gasteiger partial charge is 0.480 e. The molecule has 3 amide bonds. The Balaban J connectivity index is 4.98. The van der Waals surface area contributed by atoms with E-state index in [9.17, 15) is 19.5 Å². The molecule has 0 spiro atoms. The molecule has 0 radical (unpaired) electrons. The lowest BCUT2D eigenvalue weighted by Gasteiger charge is -2.37. The number of nitrogens with zero attached hydrogens (tertiary/aromatic N) is 3. The van der Waals surface area contributed by atoms with E-state index < -0.39 is 17.5 Å². The van der Waals surface area contributed by atoms with Gasteiger partial charge in [0.05, 0.1) is 0 Å². The average Bonchev–Trinajstić information content (AvgIpc) is 2.40. The first-order valence-electron chi connectivity index (χ1n) is 7.17. The third-order valence-corrected chi connectivity index (χ3v) is 3.56. The van der Waals surface area contributed by atoms with Crippen LogP contribution in [0.2, 0.25) is 0 Å². The number of likely N-dealkylation sites (N-methyl/N-ethyl adjacent to an activating group) is 3. The normalized spacial score (nSPS) is 11.0. The van der Waals surface area contributed by atoms with Crippen molar-refractivity contribution in [1.82, 2.24) is 14.7 Å². The lowest BCUT2D eigenvalue weighted by Crippen LogP contribution is -2.57. The van der Waals surface area contributed by atoms with Crippen molar-refractivity contribution in [3.8, 4) is 0 Å². The zero-order valence-electron chi connectivity index (χ0n) is 13.8. The van der Waals surface area contributed by atoms with Crippen LogP contribution in [0.1, 0.15) is 34.6 Å². The van der Waals surface area contributed by atoms with Gasteiger partial charge >= 0.3 is 12.0 Å². The first kappa shape index (κ1) is 19.2. The molecule has 0 unspecified atom stereocenters. The lowest BCUT2D eigenvalue weighted by molar-refractivity contribution is -0.147. The highest BCUT2D eigenvalue weighted by molar-refractivity contribution is 5.88. The van der Waals surface area contributed by atoms with Crippen LogP contribution < -0.4 is 0 Å². The molecule has 0 aliphatic heterocycles. The number of rotatable bonds is 7. The van der Waals surface area contributed by atoms with Gasteiger partial charge in [0.15, 0.2) is 0 Å². The zero-order chi connectivity index (χ0) is 16.8. The van der Waals surface area contributed by atoms with Gasteiger partial charge in [-0.15, -0.1) is 0 Å². The van der Waals surface area contributed by atoms with Crippen molar-refractivity contribution in [2.24, 2.45) is 0 Å². The molecule has 0 aromatic carbocycles. The molecule has 0 aliphatic rings. The Morgan fingerprint density at radius 2 is 1.48 bits per heavy atom. The average molecular weight is 301 g/mol. The number of carboxylic acids is 1. The Labute approximate surface area is 126 Å². The van der Waals surface area contributed by atoms with Crippen molar-refractivity contribution in [3.63, 3.8) is 0 Å². The van der Waals surface area contributed by atoms with Gasteiger partial charge in [-0.3, -0.25) is 4.79 Å². The maximum Gasteiger partial charge on any atom is 0.329 e. The van der Waals surface area contributed by atoms with Crippen molar-refractivity contribution in [1.29, 1.82) is 0 Å². The smallest absolute Gasteiger partial charge is 0.329 e. The summed E-state index contributed by atoms with van der Waals surface area (Å²) in [6.45, 7) is 9.74. The predicted molar refractivity (Wildman–Crippen MR) is 80.0 cm³/mol. The zero-order valence-corrected chi connectivity index (χ0v) is 13.8. The minimum absolute atomic E-state index is 0.0628. The first-order valence-corrected chi connectivity index (χ1v) is 7.17. The highest BCUT2D eigenvalue weighted by Gasteiger charge is 2.38. The summed E-state index contributed by atoms with van der Waals surface area (Å²) in [7, 11) is 1.50. The van der Waals surface area contributed by atoms with Crippen LogP contribution in [0.5, 0.6) is 0 Å². The van der Waals surface area contributed by atoms with E-state index in [1.165, 1.54) is 30.7 Å². The molecule has 0 saturated carbocycles. The van der Waals surface area contributed by atoms with E-state index in [2.05, 4.69) is 0 Å². The summed E-state index contributed by atoms with van der Waals surface area (Å²) < 4.78 is 0. The molecule has 0 bridgehead atoms. The molecule has 0 fully saturated rings. The van der Waals surface area contributed by atoms with Crippen LogP contribution >= 0.6 is 0 Å². The lowest BCUT2D eigenvalue weighted by atomic mass is 10.0. The monoisotopic (exact) mass is 301 g/mol. The molecule has 21 heavy (non-hydrogen) atoms. The standard InChI is InChI=1S/C14H27N3O4/c1-7-16(8-2)11(18)10-15(6)13(21)17(9-3)14(4,5)12(19)20/h7-10H2,1-6H3,(H,19,20). The molecule has 0 saturated heterocycles. The second-order valence-electron chi connectivity index (χ2n) is 5.31. The number of hydrogen-bond donors (Lipinski definition) is 1. The molecule has 7 heteroatoms. The minimum Gasteiger partial charge on any atom is -0.480 e. The van der Waals surface area contributed by atoms with Crippen molar-refractivity contribution in [3.05, 3.63) is 0 Å². The molecule has 0 heterocycles. The fourth-order valence-corrected chi connectivity index (χ4v) is 2.04. The Bertz CT molecular complexity index is 392. The highest BCUT2D eigenvalue weighted by Crippen LogP contribution is 2.16. The molecular formula is C14H27N3O4. The van der Waals surface area contributed by atoms with Crippen LogP contribution in [-0.4, -0.2) is 76.5 Å². The number of aliphatic carboxylic acids is 1. The second kappa shape index (κ2) is 7.85. The van der Waals surface area contributed by atoms with E-state index in [1.807, 2.05) is 13.8 Å². The fraction of sp³-hybridized carbons (Fsp3) is 0.786. The maximum absolute atomic E-state index is 12.4. The van der Waals surface area contributed by atoms with Crippen molar-refractivity contribution in [2.75, 3.05) is 33.2 Å². The maximum atomic E-state index is 12.4. The summed E-state index contributed by atoms with van der Waals surface area (Å²) in [4.78, 5) is 39.8. The van der Waals surface area contributed by atoms with Crippen molar-refractivity contribution < 1.29 is 19.5 Å². The van der Waals surface area contributed by atoms with Gasteiger partial charge < -0.3 is 19.8 Å². The highest BCUT2D eigenvalue weighted by atomic mass is 16.4. The topological polar surface area (TPSA) is 81.2 Å². The van der Waals surface area contributed by atoms with E-state index in [1.54, 1.807) is 11.8 Å². The van der Waals surface area contributed by atoms with Crippen molar-refractivity contribution in [2.45, 2.75) is 40.2 Å². The Hall–Kier alpha value is -1.79. The number of urea groups is 1. The van der Waals surface area contributed by atoms with Gasteiger partial charge in [0, 0.05) is 26.7 Å². The van der Waals surface area contributed by atoms with Crippen LogP contribution in [0, 0.1) is 0 Å². The van der Waals surface area contributed by atoms with Gasteiger partial charge in [0.25, 0.3) is 0 Å². The summed E-state index contributed by atoms with van der Waals surface area (Å²) in [6.07, 6.45) is 0. The van der Waals surface area contributed by atoms with Gasteiger partial charge in [-0.1, -0.05) is 0 Å². The SMILES string of the molecule is CCN(CC)C(=O)CN(C)C(=O)N(CC)C(C)(C)C(=O)O. The second-order valence-corrected chi connectivity index (χ2v) is 5.31. The molecule has 0 aromatic heterocycles. The van der Waals surface area contributed by atoms with Crippen LogP contribution in [0.3, 0.4) is 0 Å². The molecule has 0 aromatic rings. The van der Waals surface area contributed by atoms with Gasteiger partial charge in [-0.2, -0.15) is 0 Å². The summed E-state index contributed by atoms with van der Waals surface area (Å²) in [5.74, 6) is -1.23. The van der Waals surface area contributed by atoms with Gasteiger partial charge in [0.2, 0.25) is 5.91 Å². The molecule has 122 valence electrons. The Kier molecular flexibility index (Phi) is 7.18. The molecule has 0 atom stereocenters. The summed E-state index contributed by atoms with van der Waals surface area (Å²) in [6, 6.07) is -0.467. The molecule has 7 nitrogen and oxygen atoms in total. The van der Waals surface area contributed by atoms with Crippen LogP contribution in [0.4, 0.5) is 4.79 Å². The van der Waals surface area contributed by atoms with Crippen molar-refractivity contribution >= 4 is 17.9 Å². The Morgan fingerprint density at radius 1 is 1.00 bits per heavy atom. The number of carbonyl (C=O) groups excluding carboxylic acids is 2. The Morgan fingerprint density at radius 3 is 1.81 bits per heavy atom. The summed E-state index contributed by atoms with van der Waals surface area (Å²) in [5, 5.41) is 9.23. The third-order valence-electron chi connectivity index (χ3n) is 3.56. The number of hydrogen-bond acceptors (Lipinski definition) is 3. The molecule has 0 aliphatic carbocycles.